The third kappa shape index (κ3) is 5.13. The number of aliphatic imine (C=N–C) groups is 2. The molecule has 10 rings (SSSR count). The molecule has 1 aliphatic rings. The molecule has 1 aliphatic heterocycles. The fourth-order valence-electron chi connectivity index (χ4n) is 8.46. The first-order valence-corrected chi connectivity index (χ1v) is 18.8. The summed E-state index contributed by atoms with van der Waals surface area (Å²) < 4.78 is 4.74. The lowest BCUT2D eigenvalue weighted by atomic mass is 10.0. The Labute approximate surface area is 319 Å². The molecule has 0 N–H and O–H groups in total. The van der Waals surface area contributed by atoms with Gasteiger partial charge in [-0.2, -0.15) is 0 Å². The van der Waals surface area contributed by atoms with Gasteiger partial charge in [0.05, 0.1) is 22.1 Å². The van der Waals surface area contributed by atoms with Crippen molar-refractivity contribution in [2.75, 3.05) is 7.05 Å². The largest absolute Gasteiger partial charge is 0.333 e. The van der Waals surface area contributed by atoms with Crippen LogP contribution in [-0.4, -0.2) is 37.7 Å². The van der Waals surface area contributed by atoms with Crippen LogP contribution in [0.25, 0.3) is 61.1 Å². The maximum absolute atomic E-state index is 5.61. The van der Waals surface area contributed by atoms with Gasteiger partial charge in [0.1, 0.15) is 5.84 Å². The maximum atomic E-state index is 5.61. The molecule has 0 spiro atoms. The van der Waals surface area contributed by atoms with Crippen LogP contribution >= 0.6 is 0 Å². The van der Waals surface area contributed by atoms with Crippen molar-refractivity contribution in [3.63, 3.8) is 0 Å². The number of benzene rings is 6. The highest BCUT2D eigenvalue weighted by Crippen LogP contribution is 2.39. The van der Waals surface area contributed by atoms with Crippen LogP contribution in [0.2, 0.25) is 0 Å². The summed E-state index contributed by atoms with van der Waals surface area (Å²) in [5.41, 5.74) is 11.8. The van der Waals surface area contributed by atoms with Crippen molar-refractivity contribution < 1.29 is 0 Å². The molecular weight excluding hydrogens is 673 g/mol. The zero-order valence-electron chi connectivity index (χ0n) is 30.9. The molecule has 0 bridgehead atoms. The second kappa shape index (κ2) is 13.1. The highest BCUT2D eigenvalue weighted by molar-refractivity contribution is 6.23. The van der Waals surface area contributed by atoms with Crippen molar-refractivity contribution in [1.29, 1.82) is 0 Å². The van der Waals surface area contributed by atoms with Gasteiger partial charge >= 0.3 is 0 Å². The Morgan fingerprint density at radius 3 is 2.02 bits per heavy atom. The molecule has 0 saturated carbocycles. The van der Waals surface area contributed by atoms with Crippen molar-refractivity contribution in [1.82, 2.24) is 19.0 Å². The van der Waals surface area contributed by atoms with Gasteiger partial charge in [0.15, 0.2) is 12.0 Å². The zero-order chi connectivity index (χ0) is 37.0. The SMILES string of the molecule is C/C=C\c1c(C)c2cccc(C3=NC(c4cccc5c6ccccc6n(-c6ccccc6)c45)=NC(c4cccc5cccnc45)N3C)c2n1-c1ccccc1. The van der Waals surface area contributed by atoms with Crippen molar-refractivity contribution in [3.8, 4) is 11.4 Å². The molecule has 0 radical (unpaired) electrons. The van der Waals surface area contributed by atoms with Gasteiger partial charge in [0.2, 0.25) is 0 Å². The first kappa shape index (κ1) is 32.6. The Morgan fingerprint density at radius 1 is 0.600 bits per heavy atom. The Morgan fingerprint density at radius 2 is 1.24 bits per heavy atom. The number of hydrogen-bond donors (Lipinski definition) is 0. The molecule has 264 valence electrons. The molecule has 0 fully saturated rings. The topological polar surface area (TPSA) is 50.7 Å². The van der Waals surface area contributed by atoms with E-state index in [4.69, 9.17) is 15.0 Å². The summed E-state index contributed by atoms with van der Waals surface area (Å²) in [6.07, 6.45) is 5.79. The number of nitrogens with zero attached hydrogens (tertiary/aromatic N) is 6. The standard InChI is InChI=1S/C49H38N6/c1-4-17-42-32(2)36-25-14-29-41(45(36)54(42)34-20-7-5-8-21-34)49-52-47(51-48(53(49)3)39-27-13-18-33-19-16-31-50-44(33)39)40-28-15-26-38-37-24-11-12-30-43(37)55(46(38)40)35-22-9-6-10-23-35/h4-31,48H,1-3H3/b17-4-. The first-order valence-electron chi connectivity index (χ1n) is 18.8. The third-order valence-electron chi connectivity index (χ3n) is 10.9. The van der Waals surface area contributed by atoms with E-state index in [0.29, 0.717) is 5.84 Å². The molecule has 55 heavy (non-hydrogen) atoms. The smallest absolute Gasteiger partial charge is 0.161 e. The number of para-hydroxylation sites is 6. The summed E-state index contributed by atoms with van der Waals surface area (Å²) in [4.78, 5) is 18.3. The van der Waals surface area contributed by atoms with Gasteiger partial charge < -0.3 is 14.0 Å². The molecule has 6 heteroatoms. The molecule has 1 unspecified atom stereocenters. The number of allylic oxidation sites excluding steroid dienone is 1. The Balaban J connectivity index is 1.30. The average molecular weight is 711 g/mol. The third-order valence-corrected chi connectivity index (χ3v) is 10.9. The number of aromatic nitrogens is 3. The van der Waals surface area contributed by atoms with E-state index in [1.165, 1.54) is 16.3 Å². The van der Waals surface area contributed by atoms with Crippen molar-refractivity contribution in [3.05, 3.63) is 192 Å². The first-order chi connectivity index (χ1) is 27.1. The number of hydrogen-bond acceptors (Lipinski definition) is 4. The molecule has 3 aromatic heterocycles. The lowest BCUT2D eigenvalue weighted by Crippen LogP contribution is -2.36. The molecule has 0 amide bonds. The summed E-state index contributed by atoms with van der Waals surface area (Å²) in [6, 6.07) is 53.4. The summed E-state index contributed by atoms with van der Waals surface area (Å²) >= 11 is 0. The molecule has 1 atom stereocenters. The Hall–Kier alpha value is -7.05. The summed E-state index contributed by atoms with van der Waals surface area (Å²) in [5.74, 6) is 1.52. The number of fused-ring (bicyclic) bond motifs is 5. The highest BCUT2D eigenvalue weighted by atomic mass is 15.3. The van der Waals surface area contributed by atoms with Gasteiger partial charge in [-0.25, -0.2) is 9.98 Å². The van der Waals surface area contributed by atoms with E-state index in [9.17, 15) is 0 Å². The lowest BCUT2D eigenvalue weighted by molar-refractivity contribution is 0.385. The molecule has 0 aliphatic carbocycles. The number of rotatable bonds is 6. The van der Waals surface area contributed by atoms with Crippen LogP contribution in [0.15, 0.2) is 174 Å². The van der Waals surface area contributed by atoms with E-state index >= 15 is 0 Å². The molecule has 6 nitrogen and oxygen atoms in total. The number of aryl methyl sites for hydroxylation is 1. The van der Waals surface area contributed by atoms with E-state index in [1.807, 2.05) is 12.3 Å². The van der Waals surface area contributed by atoms with Crippen LogP contribution < -0.4 is 0 Å². The van der Waals surface area contributed by atoms with Crippen LogP contribution in [0.3, 0.4) is 0 Å². The van der Waals surface area contributed by atoms with Gasteiger partial charge in [0.25, 0.3) is 0 Å². The Kier molecular flexibility index (Phi) is 7.77. The minimum atomic E-state index is -0.405. The van der Waals surface area contributed by atoms with Gasteiger partial charge in [-0.3, -0.25) is 4.98 Å². The van der Waals surface area contributed by atoms with Crippen LogP contribution in [0.1, 0.15) is 41.0 Å². The number of amidine groups is 2. The highest BCUT2D eigenvalue weighted by Gasteiger charge is 2.32. The van der Waals surface area contributed by atoms with Crippen molar-refractivity contribution in [2.24, 2.45) is 9.98 Å². The molecule has 0 saturated heterocycles. The molecule has 6 aromatic carbocycles. The number of pyridine rings is 1. The molecule has 9 aromatic rings. The summed E-state index contributed by atoms with van der Waals surface area (Å²) in [7, 11) is 2.11. The van der Waals surface area contributed by atoms with Crippen LogP contribution in [0.4, 0.5) is 0 Å². The monoisotopic (exact) mass is 710 g/mol. The predicted molar refractivity (Wildman–Crippen MR) is 229 cm³/mol. The minimum absolute atomic E-state index is 0.405. The van der Waals surface area contributed by atoms with Gasteiger partial charge in [-0.15, -0.1) is 0 Å². The Bertz CT molecular complexity index is 3010. The van der Waals surface area contributed by atoms with E-state index in [0.717, 1.165) is 72.4 Å². The van der Waals surface area contributed by atoms with Crippen LogP contribution in [0.5, 0.6) is 0 Å². The predicted octanol–water partition coefficient (Wildman–Crippen LogP) is 11.5. The molecule has 4 heterocycles. The van der Waals surface area contributed by atoms with Crippen LogP contribution in [-0.2, 0) is 0 Å². The maximum Gasteiger partial charge on any atom is 0.161 e. The second-order valence-electron chi connectivity index (χ2n) is 14.1. The van der Waals surface area contributed by atoms with Gasteiger partial charge in [0, 0.05) is 68.5 Å². The normalized spacial score (nSPS) is 14.7. The fourth-order valence-corrected chi connectivity index (χ4v) is 8.46. The summed E-state index contributed by atoms with van der Waals surface area (Å²) in [6.45, 7) is 4.29. The average Bonchev–Trinajstić information content (AvgIpc) is 3.73. The zero-order valence-corrected chi connectivity index (χ0v) is 30.9. The van der Waals surface area contributed by atoms with Gasteiger partial charge in [-0.1, -0.05) is 109 Å². The second-order valence-corrected chi connectivity index (χ2v) is 14.1. The van der Waals surface area contributed by atoms with E-state index < -0.39 is 6.17 Å². The quantitative estimate of drug-likeness (QED) is 0.172. The molecular formula is C49H38N6. The lowest BCUT2D eigenvalue weighted by Gasteiger charge is -2.33. The van der Waals surface area contributed by atoms with Crippen molar-refractivity contribution in [2.45, 2.75) is 20.0 Å². The fraction of sp³-hybridized carbons (Fsp3) is 0.0816. The van der Waals surface area contributed by atoms with Crippen LogP contribution in [0, 0.1) is 6.92 Å². The van der Waals surface area contributed by atoms with Gasteiger partial charge in [-0.05, 0) is 74.0 Å². The van der Waals surface area contributed by atoms with E-state index in [2.05, 4.69) is 193 Å². The van der Waals surface area contributed by atoms with E-state index in [1.54, 1.807) is 0 Å². The minimum Gasteiger partial charge on any atom is -0.333 e. The van der Waals surface area contributed by atoms with E-state index in [-0.39, 0.29) is 0 Å². The van der Waals surface area contributed by atoms with Crippen molar-refractivity contribution >= 4 is 61.4 Å². The summed E-state index contributed by atoms with van der Waals surface area (Å²) in [5, 5.41) is 4.61.